The summed E-state index contributed by atoms with van der Waals surface area (Å²) >= 11 is 6.27. The first-order valence-electron chi connectivity index (χ1n) is 11.3. The van der Waals surface area contributed by atoms with E-state index in [0.29, 0.717) is 24.8 Å². The molecule has 1 aliphatic heterocycles. The molecule has 0 aliphatic carbocycles. The molecule has 1 saturated heterocycles. The lowest BCUT2D eigenvalue weighted by molar-refractivity contribution is -0.137. The van der Waals surface area contributed by atoms with Crippen LogP contribution in [0, 0.1) is 11.2 Å². The fourth-order valence-electron chi connectivity index (χ4n) is 4.06. The number of nitrogens with zero attached hydrogens (tertiary/aromatic N) is 2. The maximum Gasteiger partial charge on any atom is 0.418 e. The van der Waals surface area contributed by atoms with E-state index in [4.69, 9.17) is 22.1 Å². The van der Waals surface area contributed by atoms with Gasteiger partial charge in [0.25, 0.3) is 0 Å². The molecule has 1 fully saturated rings. The van der Waals surface area contributed by atoms with E-state index in [1.54, 1.807) is 0 Å². The molecule has 200 valence electrons. The van der Waals surface area contributed by atoms with Gasteiger partial charge in [-0.25, -0.2) is 4.39 Å². The Bertz CT molecular complexity index is 1360. The highest BCUT2D eigenvalue weighted by atomic mass is 35.5. The molecule has 3 aromatic rings. The van der Waals surface area contributed by atoms with Crippen LogP contribution >= 0.6 is 11.6 Å². The van der Waals surface area contributed by atoms with Crippen molar-refractivity contribution in [2.24, 2.45) is 5.41 Å². The minimum atomic E-state index is -4.78. The smallest absolute Gasteiger partial charge is 0.397 e. The number of hydrogen-bond donors (Lipinski definition) is 3. The van der Waals surface area contributed by atoms with E-state index in [9.17, 15) is 27.2 Å². The van der Waals surface area contributed by atoms with Crippen LogP contribution in [0.4, 0.5) is 34.6 Å². The van der Waals surface area contributed by atoms with Crippen molar-refractivity contribution in [3.05, 3.63) is 76.6 Å². The number of aromatic nitrogens is 2. The fourth-order valence-corrected chi connectivity index (χ4v) is 4.29. The summed E-state index contributed by atoms with van der Waals surface area (Å²) in [7, 11) is 0. The number of nitrogens with two attached hydrogens (primary N) is 1. The molecule has 2 aromatic heterocycles. The van der Waals surface area contributed by atoms with E-state index in [1.807, 2.05) is 0 Å². The highest BCUT2D eigenvalue weighted by Gasteiger charge is 2.44. The molecule has 1 aliphatic rings. The van der Waals surface area contributed by atoms with E-state index in [-0.39, 0.29) is 53.0 Å². The molecule has 8 nitrogen and oxygen atoms in total. The zero-order chi connectivity index (χ0) is 27.5. The van der Waals surface area contributed by atoms with Gasteiger partial charge in [-0.3, -0.25) is 19.6 Å². The maximum absolute atomic E-state index is 13.4. The predicted molar refractivity (Wildman–Crippen MR) is 131 cm³/mol. The van der Waals surface area contributed by atoms with Crippen LogP contribution in [0.2, 0.25) is 5.02 Å². The summed E-state index contributed by atoms with van der Waals surface area (Å²) in [5.41, 5.74) is 4.03. The zero-order valence-electron chi connectivity index (χ0n) is 19.7. The molecule has 3 heterocycles. The van der Waals surface area contributed by atoms with Crippen molar-refractivity contribution in [1.29, 1.82) is 0 Å². The van der Waals surface area contributed by atoms with Crippen molar-refractivity contribution < 1.29 is 31.9 Å². The van der Waals surface area contributed by atoms with Gasteiger partial charge in [0.2, 0.25) is 5.91 Å². The highest BCUT2D eigenvalue weighted by Crippen LogP contribution is 2.37. The van der Waals surface area contributed by atoms with E-state index >= 15 is 0 Å². The average molecular weight is 552 g/mol. The molecule has 1 aromatic carbocycles. The molecule has 0 saturated carbocycles. The minimum Gasteiger partial charge on any atom is -0.397 e. The van der Waals surface area contributed by atoms with Crippen molar-refractivity contribution >= 4 is 40.4 Å². The van der Waals surface area contributed by atoms with Crippen molar-refractivity contribution in [2.45, 2.75) is 25.6 Å². The van der Waals surface area contributed by atoms with Crippen LogP contribution in [0.15, 0.2) is 48.9 Å². The fraction of sp³-hybridized carbons (Fsp3) is 0.280. The van der Waals surface area contributed by atoms with Gasteiger partial charge >= 0.3 is 6.18 Å². The van der Waals surface area contributed by atoms with Gasteiger partial charge in [0.05, 0.1) is 58.1 Å². The Balaban J connectivity index is 1.44. The zero-order valence-corrected chi connectivity index (χ0v) is 20.5. The number of carbonyl (C=O) groups is 2. The van der Waals surface area contributed by atoms with E-state index < -0.39 is 28.9 Å². The lowest BCUT2D eigenvalue weighted by atomic mass is 9.80. The monoisotopic (exact) mass is 551 g/mol. The number of rotatable bonds is 8. The topological polar surface area (TPSA) is 119 Å². The first-order valence-corrected chi connectivity index (χ1v) is 11.7. The summed E-state index contributed by atoms with van der Waals surface area (Å²) < 4.78 is 58.6. The van der Waals surface area contributed by atoms with Crippen LogP contribution in [0.25, 0.3) is 0 Å². The van der Waals surface area contributed by atoms with Crippen LogP contribution in [0.5, 0.6) is 0 Å². The number of Topliss-reactive ketones (excluding diaryl/α,β-unsaturated/α-hetero) is 1. The van der Waals surface area contributed by atoms with E-state index in [0.717, 1.165) is 12.1 Å². The predicted octanol–water partition coefficient (Wildman–Crippen LogP) is 4.91. The number of ether oxygens (including phenoxy) is 1. The van der Waals surface area contributed by atoms with Crippen molar-refractivity contribution in [1.82, 2.24) is 15.3 Å². The molecule has 0 unspecified atom stereocenters. The Morgan fingerprint density at radius 2 is 1.95 bits per heavy atom. The first kappa shape index (κ1) is 27.3. The molecular formula is C25H22ClF4N5O3. The van der Waals surface area contributed by atoms with Crippen LogP contribution in [0.3, 0.4) is 0 Å². The van der Waals surface area contributed by atoms with Crippen LogP contribution in [-0.4, -0.2) is 34.9 Å². The van der Waals surface area contributed by atoms with Gasteiger partial charge in [0, 0.05) is 31.0 Å². The van der Waals surface area contributed by atoms with Crippen LogP contribution in [0.1, 0.15) is 34.5 Å². The number of pyridine rings is 2. The largest absolute Gasteiger partial charge is 0.418 e. The van der Waals surface area contributed by atoms with Crippen molar-refractivity contribution in [3.8, 4) is 0 Å². The van der Waals surface area contributed by atoms with Gasteiger partial charge in [-0.15, -0.1) is 0 Å². The number of halogens is 5. The number of carbonyl (C=O) groups excluding carboxylic acids is 2. The summed E-state index contributed by atoms with van der Waals surface area (Å²) in [6.45, 7) is 0.250. The number of nitrogens with one attached hydrogen (secondary N) is 2. The molecule has 0 radical (unpaired) electrons. The number of benzene rings is 1. The van der Waals surface area contributed by atoms with Crippen LogP contribution in [-0.2, 0) is 22.3 Å². The highest BCUT2D eigenvalue weighted by molar-refractivity contribution is 6.31. The Morgan fingerprint density at radius 3 is 2.61 bits per heavy atom. The third-order valence-electron chi connectivity index (χ3n) is 6.07. The standard InChI is InChI=1S/C25H22ClF4N5O3/c26-19-7-17(35-20-2-1-15(27)6-18(20)25(28,29)30)11-33-21(19)12-34-23(37)24(3-4-38-13-24)8-22(36)14-5-16(31)10-32-9-14/h1-2,5-7,9-11,35H,3-4,8,12-13,31H2,(H,34,37)/t24-/m0/s1. The first-order chi connectivity index (χ1) is 18.0. The molecule has 1 atom stereocenters. The van der Waals surface area contributed by atoms with Crippen molar-refractivity contribution in [3.63, 3.8) is 0 Å². The number of hydrogen-bond acceptors (Lipinski definition) is 7. The number of amides is 1. The molecular weight excluding hydrogens is 530 g/mol. The lowest BCUT2D eigenvalue weighted by Crippen LogP contribution is -2.43. The lowest BCUT2D eigenvalue weighted by Gasteiger charge is -2.25. The number of alkyl halides is 3. The molecule has 4 rings (SSSR count). The number of nitrogen functional groups attached to an aromatic ring is 1. The van der Waals surface area contributed by atoms with Gasteiger partial charge in [-0.05, 0) is 36.8 Å². The summed E-state index contributed by atoms with van der Waals surface area (Å²) in [5, 5.41) is 5.34. The molecule has 4 N–H and O–H groups in total. The average Bonchev–Trinajstić information content (AvgIpc) is 3.33. The molecule has 0 bridgehead atoms. The van der Waals surface area contributed by atoms with Gasteiger partial charge in [0.1, 0.15) is 5.82 Å². The van der Waals surface area contributed by atoms with E-state index in [1.165, 1.54) is 30.7 Å². The normalized spacial score (nSPS) is 17.3. The molecule has 13 heteroatoms. The Kier molecular flexibility index (Phi) is 7.83. The number of ketones is 1. The van der Waals surface area contributed by atoms with Gasteiger partial charge in [-0.2, -0.15) is 13.2 Å². The summed E-state index contributed by atoms with van der Waals surface area (Å²) in [5.74, 6) is -1.76. The van der Waals surface area contributed by atoms with E-state index in [2.05, 4.69) is 20.6 Å². The third-order valence-corrected chi connectivity index (χ3v) is 6.39. The third kappa shape index (κ3) is 6.20. The second kappa shape index (κ2) is 10.9. The molecule has 38 heavy (non-hydrogen) atoms. The SMILES string of the molecule is Nc1cncc(C(=O)C[C@@]2(C(=O)NCc3ncc(Nc4ccc(F)cc4C(F)(F)F)cc3Cl)CCOC2)c1. The maximum atomic E-state index is 13.4. The quantitative estimate of drug-likeness (QED) is 0.269. The second-order valence-corrected chi connectivity index (χ2v) is 9.24. The second-order valence-electron chi connectivity index (χ2n) is 8.84. The summed E-state index contributed by atoms with van der Waals surface area (Å²) in [4.78, 5) is 34.0. The minimum absolute atomic E-state index is 0.0452. The Hall–Kier alpha value is -3.77. The van der Waals surface area contributed by atoms with Gasteiger partial charge < -0.3 is 21.1 Å². The van der Waals surface area contributed by atoms with Crippen LogP contribution < -0.4 is 16.4 Å². The molecule has 0 spiro atoms. The Morgan fingerprint density at radius 1 is 1.16 bits per heavy atom. The Labute approximate surface area is 219 Å². The van der Waals surface area contributed by atoms with Gasteiger partial charge in [0.15, 0.2) is 5.78 Å². The number of anilines is 3. The molecule has 1 amide bonds. The van der Waals surface area contributed by atoms with Crippen molar-refractivity contribution in [2.75, 3.05) is 24.3 Å². The van der Waals surface area contributed by atoms with Gasteiger partial charge in [-0.1, -0.05) is 11.6 Å². The summed E-state index contributed by atoms with van der Waals surface area (Å²) in [6, 6.07) is 5.07. The summed E-state index contributed by atoms with van der Waals surface area (Å²) in [6.07, 6.45) is -0.553.